The maximum atomic E-state index is 12.6. The van der Waals surface area contributed by atoms with Gasteiger partial charge < -0.3 is 10.6 Å². The number of hydrogen-bond acceptors (Lipinski definition) is 2. The highest BCUT2D eigenvalue weighted by molar-refractivity contribution is 5.82. The van der Waals surface area contributed by atoms with Gasteiger partial charge in [0, 0.05) is 11.5 Å². The van der Waals surface area contributed by atoms with Crippen LogP contribution in [0.1, 0.15) is 72.6 Å². The molecule has 2 aliphatic rings. The van der Waals surface area contributed by atoms with E-state index in [0.717, 1.165) is 44.7 Å². The Morgan fingerprint density at radius 3 is 2.29 bits per heavy atom. The van der Waals surface area contributed by atoms with Crippen LogP contribution >= 0.6 is 0 Å². The summed E-state index contributed by atoms with van der Waals surface area (Å²) in [4.78, 5) is 12.6. The Bertz CT molecular complexity index is 350. The molecule has 0 aromatic carbocycles. The summed E-state index contributed by atoms with van der Waals surface area (Å²) in [7, 11) is 0. The molecule has 1 aliphatic carbocycles. The minimum absolute atomic E-state index is 0.148. The van der Waals surface area contributed by atoms with Crippen LogP contribution in [0, 0.1) is 16.7 Å². The number of carbonyl (C=O) groups is 1. The molecule has 0 radical (unpaired) electrons. The summed E-state index contributed by atoms with van der Waals surface area (Å²) in [6, 6.07) is 0.410. The largest absolute Gasteiger partial charge is 0.353 e. The lowest BCUT2D eigenvalue weighted by Gasteiger charge is -2.40. The van der Waals surface area contributed by atoms with Crippen molar-refractivity contribution in [2.75, 3.05) is 13.1 Å². The molecule has 2 N–H and O–H groups in total. The quantitative estimate of drug-likeness (QED) is 0.833. The SMILES string of the molecule is CCC(C)(C)C1CCC(NC(=O)C2(C)CCNCC2)CC1. The molecule has 122 valence electrons. The van der Waals surface area contributed by atoms with Gasteiger partial charge in [-0.15, -0.1) is 0 Å². The van der Waals surface area contributed by atoms with Crippen LogP contribution in [0.15, 0.2) is 0 Å². The van der Waals surface area contributed by atoms with E-state index >= 15 is 0 Å². The molecule has 1 aliphatic heterocycles. The number of rotatable bonds is 4. The standard InChI is InChI=1S/C18H34N2O/c1-5-17(2,3)14-6-8-15(9-7-14)20-16(21)18(4)10-12-19-13-11-18/h14-15,19H,5-13H2,1-4H3,(H,20,21). The molecule has 3 heteroatoms. The summed E-state index contributed by atoms with van der Waals surface area (Å²) in [6.45, 7) is 11.2. The first-order valence-electron chi connectivity index (χ1n) is 8.89. The van der Waals surface area contributed by atoms with Crippen LogP contribution in [0.4, 0.5) is 0 Å². The summed E-state index contributed by atoms with van der Waals surface area (Å²) in [5.41, 5.74) is 0.306. The molecule has 1 amide bonds. The molecule has 1 saturated carbocycles. The molecule has 0 bridgehead atoms. The van der Waals surface area contributed by atoms with Gasteiger partial charge in [0.1, 0.15) is 0 Å². The lowest BCUT2D eigenvalue weighted by atomic mass is 9.68. The van der Waals surface area contributed by atoms with Crippen molar-refractivity contribution in [3.63, 3.8) is 0 Å². The first-order chi connectivity index (χ1) is 9.87. The van der Waals surface area contributed by atoms with E-state index in [4.69, 9.17) is 0 Å². The molecule has 0 unspecified atom stereocenters. The molecule has 3 nitrogen and oxygen atoms in total. The van der Waals surface area contributed by atoms with Crippen LogP contribution in [0.3, 0.4) is 0 Å². The number of nitrogens with one attached hydrogen (secondary N) is 2. The maximum absolute atomic E-state index is 12.6. The predicted molar refractivity (Wildman–Crippen MR) is 88.2 cm³/mol. The van der Waals surface area contributed by atoms with Gasteiger partial charge in [0.25, 0.3) is 0 Å². The topological polar surface area (TPSA) is 41.1 Å². The van der Waals surface area contributed by atoms with E-state index in [9.17, 15) is 4.79 Å². The molecule has 1 saturated heterocycles. The third kappa shape index (κ3) is 4.00. The van der Waals surface area contributed by atoms with Crippen molar-refractivity contribution in [2.45, 2.75) is 78.7 Å². The summed E-state index contributed by atoms with van der Waals surface area (Å²) in [6.07, 6.45) is 8.05. The van der Waals surface area contributed by atoms with Crippen molar-refractivity contribution in [1.29, 1.82) is 0 Å². The Morgan fingerprint density at radius 2 is 1.76 bits per heavy atom. The second-order valence-corrected chi connectivity index (χ2v) is 8.17. The third-order valence-electron chi connectivity index (χ3n) is 6.33. The second kappa shape index (κ2) is 6.68. The first-order valence-corrected chi connectivity index (χ1v) is 8.89. The fourth-order valence-electron chi connectivity index (χ4n) is 3.87. The molecule has 2 fully saturated rings. The predicted octanol–water partition coefficient (Wildman–Crippen LogP) is 3.49. The van der Waals surface area contributed by atoms with E-state index in [1.165, 1.54) is 19.3 Å². The van der Waals surface area contributed by atoms with Gasteiger partial charge in [-0.2, -0.15) is 0 Å². The van der Waals surface area contributed by atoms with Gasteiger partial charge >= 0.3 is 0 Å². The molecule has 0 spiro atoms. The maximum Gasteiger partial charge on any atom is 0.226 e. The monoisotopic (exact) mass is 294 g/mol. The van der Waals surface area contributed by atoms with Gasteiger partial charge in [-0.25, -0.2) is 0 Å². The van der Waals surface area contributed by atoms with Crippen molar-refractivity contribution >= 4 is 5.91 Å². The van der Waals surface area contributed by atoms with Crippen LogP contribution in [0.2, 0.25) is 0 Å². The van der Waals surface area contributed by atoms with Crippen LogP contribution in [0.25, 0.3) is 0 Å². The number of hydrogen-bond donors (Lipinski definition) is 2. The average molecular weight is 294 g/mol. The lowest BCUT2D eigenvalue weighted by Crippen LogP contribution is -2.49. The molecular formula is C18H34N2O. The highest BCUT2D eigenvalue weighted by Gasteiger charge is 2.37. The highest BCUT2D eigenvalue weighted by Crippen LogP contribution is 2.40. The van der Waals surface area contributed by atoms with Gasteiger partial charge in [0.2, 0.25) is 5.91 Å². The first kappa shape index (κ1) is 16.8. The van der Waals surface area contributed by atoms with Crippen LogP contribution in [0.5, 0.6) is 0 Å². The Hall–Kier alpha value is -0.570. The molecule has 0 aromatic heterocycles. The number of carbonyl (C=O) groups excluding carboxylic acids is 1. The molecular weight excluding hydrogens is 260 g/mol. The van der Waals surface area contributed by atoms with Crippen molar-refractivity contribution in [3.05, 3.63) is 0 Å². The van der Waals surface area contributed by atoms with Gasteiger partial charge in [-0.3, -0.25) is 4.79 Å². The molecule has 2 rings (SSSR count). The Kier molecular flexibility index (Phi) is 5.34. The van der Waals surface area contributed by atoms with E-state index in [0.29, 0.717) is 17.4 Å². The fraction of sp³-hybridized carbons (Fsp3) is 0.944. The number of piperidine rings is 1. The van der Waals surface area contributed by atoms with E-state index in [-0.39, 0.29) is 5.41 Å². The average Bonchev–Trinajstić information content (AvgIpc) is 2.48. The lowest BCUT2D eigenvalue weighted by molar-refractivity contribution is -0.132. The highest BCUT2D eigenvalue weighted by atomic mass is 16.2. The Balaban J connectivity index is 1.82. The smallest absolute Gasteiger partial charge is 0.226 e. The van der Waals surface area contributed by atoms with Crippen LogP contribution < -0.4 is 10.6 Å². The summed E-state index contributed by atoms with van der Waals surface area (Å²) < 4.78 is 0. The van der Waals surface area contributed by atoms with E-state index in [1.807, 2.05) is 0 Å². The van der Waals surface area contributed by atoms with E-state index in [1.54, 1.807) is 0 Å². The molecule has 0 aromatic rings. The number of amides is 1. The van der Waals surface area contributed by atoms with Crippen molar-refractivity contribution in [1.82, 2.24) is 10.6 Å². The third-order valence-corrected chi connectivity index (χ3v) is 6.33. The Labute approximate surface area is 130 Å². The van der Waals surface area contributed by atoms with Gasteiger partial charge in [0.15, 0.2) is 0 Å². The van der Waals surface area contributed by atoms with E-state index < -0.39 is 0 Å². The molecule has 0 atom stereocenters. The zero-order valence-corrected chi connectivity index (χ0v) is 14.4. The minimum Gasteiger partial charge on any atom is -0.353 e. The van der Waals surface area contributed by atoms with Crippen molar-refractivity contribution < 1.29 is 4.79 Å². The minimum atomic E-state index is -0.148. The van der Waals surface area contributed by atoms with Crippen LogP contribution in [-0.2, 0) is 4.79 Å². The summed E-state index contributed by atoms with van der Waals surface area (Å²) in [5, 5.41) is 6.70. The summed E-state index contributed by atoms with van der Waals surface area (Å²) in [5.74, 6) is 1.12. The van der Waals surface area contributed by atoms with Gasteiger partial charge in [0.05, 0.1) is 0 Å². The fourth-order valence-corrected chi connectivity index (χ4v) is 3.87. The normalized spacial score (nSPS) is 29.9. The second-order valence-electron chi connectivity index (χ2n) is 8.17. The van der Waals surface area contributed by atoms with Crippen molar-refractivity contribution in [3.8, 4) is 0 Å². The Morgan fingerprint density at radius 1 is 1.19 bits per heavy atom. The van der Waals surface area contributed by atoms with Crippen molar-refractivity contribution in [2.24, 2.45) is 16.7 Å². The summed E-state index contributed by atoms with van der Waals surface area (Å²) >= 11 is 0. The molecule has 21 heavy (non-hydrogen) atoms. The van der Waals surface area contributed by atoms with E-state index in [2.05, 4.69) is 38.3 Å². The zero-order valence-electron chi connectivity index (χ0n) is 14.4. The molecule has 1 heterocycles. The van der Waals surface area contributed by atoms with Crippen LogP contribution in [-0.4, -0.2) is 25.0 Å². The van der Waals surface area contributed by atoms with Gasteiger partial charge in [-0.1, -0.05) is 34.1 Å². The zero-order chi connectivity index (χ0) is 15.5. The van der Waals surface area contributed by atoms with Gasteiger partial charge in [-0.05, 0) is 62.9 Å².